The third-order valence-electron chi connectivity index (χ3n) is 3.17. The Morgan fingerprint density at radius 1 is 1.15 bits per heavy atom. The van der Waals surface area contributed by atoms with Gasteiger partial charge in [-0.25, -0.2) is 13.1 Å². The standard InChI is InChI=1S/C14H24N2O2S.ClH/c1-5-11-7-8-13(9-12(11)6-2)19(17,18)16-14(3,4)10-15;/h7-9,16H,5-6,10,15H2,1-4H3;1H. The summed E-state index contributed by atoms with van der Waals surface area (Å²) < 4.78 is 27.3. The zero-order valence-corrected chi connectivity index (χ0v) is 14.2. The van der Waals surface area contributed by atoms with Gasteiger partial charge in [0.05, 0.1) is 4.90 Å². The first-order valence-corrected chi connectivity index (χ1v) is 8.10. The lowest BCUT2D eigenvalue weighted by atomic mass is 10.0. The fourth-order valence-corrected chi connectivity index (χ4v) is 3.38. The van der Waals surface area contributed by atoms with Crippen molar-refractivity contribution in [1.29, 1.82) is 0 Å². The summed E-state index contributed by atoms with van der Waals surface area (Å²) >= 11 is 0. The van der Waals surface area contributed by atoms with Crippen LogP contribution in [0.4, 0.5) is 0 Å². The number of rotatable bonds is 6. The van der Waals surface area contributed by atoms with Crippen LogP contribution in [0.3, 0.4) is 0 Å². The molecule has 0 amide bonds. The molecule has 20 heavy (non-hydrogen) atoms. The molecule has 6 heteroatoms. The van der Waals surface area contributed by atoms with Crippen molar-refractivity contribution in [3.8, 4) is 0 Å². The first-order chi connectivity index (χ1) is 8.75. The number of hydrogen-bond donors (Lipinski definition) is 2. The van der Waals surface area contributed by atoms with Gasteiger partial charge in [-0.3, -0.25) is 0 Å². The second kappa shape index (κ2) is 7.41. The molecule has 0 aromatic heterocycles. The molecule has 0 heterocycles. The summed E-state index contributed by atoms with van der Waals surface area (Å²) in [5.41, 5.74) is 7.20. The number of nitrogens with two attached hydrogens (primary N) is 1. The van der Waals surface area contributed by atoms with Gasteiger partial charge in [0.1, 0.15) is 0 Å². The first-order valence-electron chi connectivity index (χ1n) is 6.61. The summed E-state index contributed by atoms with van der Waals surface area (Å²) in [5, 5.41) is 0. The van der Waals surface area contributed by atoms with E-state index in [0.717, 1.165) is 18.4 Å². The second-order valence-corrected chi connectivity index (χ2v) is 7.01. The molecule has 0 saturated carbocycles. The van der Waals surface area contributed by atoms with E-state index >= 15 is 0 Å². The molecule has 0 aliphatic heterocycles. The van der Waals surface area contributed by atoms with Crippen LogP contribution in [-0.2, 0) is 22.9 Å². The maximum Gasteiger partial charge on any atom is 0.241 e. The van der Waals surface area contributed by atoms with Gasteiger partial charge < -0.3 is 5.73 Å². The van der Waals surface area contributed by atoms with Crippen LogP contribution in [0.25, 0.3) is 0 Å². The molecule has 1 aromatic carbocycles. The summed E-state index contributed by atoms with van der Waals surface area (Å²) in [6, 6.07) is 5.31. The van der Waals surface area contributed by atoms with Gasteiger partial charge in [0, 0.05) is 12.1 Å². The largest absolute Gasteiger partial charge is 0.329 e. The average molecular weight is 321 g/mol. The fourth-order valence-electron chi connectivity index (χ4n) is 1.91. The molecule has 0 aliphatic carbocycles. The number of benzene rings is 1. The third-order valence-corrected chi connectivity index (χ3v) is 4.87. The van der Waals surface area contributed by atoms with Crippen molar-refractivity contribution in [2.24, 2.45) is 5.73 Å². The Hall–Kier alpha value is -0.620. The quantitative estimate of drug-likeness (QED) is 0.844. The molecule has 0 fully saturated rings. The lowest BCUT2D eigenvalue weighted by molar-refractivity contribution is 0.462. The van der Waals surface area contributed by atoms with E-state index in [2.05, 4.69) is 11.6 Å². The second-order valence-electron chi connectivity index (χ2n) is 5.33. The van der Waals surface area contributed by atoms with Crippen molar-refractivity contribution in [2.45, 2.75) is 51.0 Å². The highest BCUT2D eigenvalue weighted by molar-refractivity contribution is 7.89. The van der Waals surface area contributed by atoms with Crippen molar-refractivity contribution >= 4 is 22.4 Å². The van der Waals surface area contributed by atoms with E-state index in [0.29, 0.717) is 4.90 Å². The van der Waals surface area contributed by atoms with Crippen LogP contribution >= 0.6 is 12.4 Å². The molecule has 116 valence electrons. The highest BCUT2D eigenvalue weighted by Crippen LogP contribution is 2.18. The van der Waals surface area contributed by atoms with Crippen LogP contribution in [0, 0.1) is 0 Å². The van der Waals surface area contributed by atoms with Crippen LogP contribution in [0.5, 0.6) is 0 Å². The Labute approximate surface area is 128 Å². The maximum absolute atomic E-state index is 12.3. The molecular weight excluding hydrogens is 296 g/mol. The minimum absolute atomic E-state index is 0. The van der Waals surface area contributed by atoms with E-state index in [-0.39, 0.29) is 19.0 Å². The number of sulfonamides is 1. The molecule has 0 unspecified atom stereocenters. The predicted octanol–water partition coefficient (Wildman–Crippen LogP) is 2.25. The summed E-state index contributed by atoms with van der Waals surface area (Å²) in [6.07, 6.45) is 1.73. The van der Waals surface area contributed by atoms with Crippen molar-refractivity contribution < 1.29 is 8.42 Å². The smallest absolute Gasteiger partial charge is 0.241 e. The van der Waals surface area contributed by atoms with Crippen molar-refractivity contribution in [1.82, 2.24) is 4.72 Å². The van der Waals surface area contributed by atoms with Gasteiger partial charge in [0.15, 0.2) is 0 Å². The van der Waals surface area contributed by atoms with Crippen LogP contribution in [-0.4, -0.2) is 20.5 Å². The number of aryl methyl sites for hydroxylation is 2. The molecule has 0 aliphatic rings. The molecule has 1 rings (SSSR count). The Balaban J connectivity index is 0.00000361. The molecule has 0 atom stereocenters. The summed E-state index contributed by atoms with van der Waals surface area (Å²) in [7, 11) is -3.52. The fraction of sp³-hybridized carbons (Fsp3) is 0.571. The van der Waals surface area contributed by atoms with Gasteiger partial charge in [-0.1, -0.05) is 19.9 Å². The molecular formula is C14H25ClN2O2S. The van der Waals surface area contributed by atoms with Crippen LogP contribution < -0.4 is 10.5 Å². The normalized spacial score (nSPS) is 12.1. The van der Waals surface area contributed by atoms with Gasteiger partial charge in [-0.2, -0.15) is 0 Å². The van der Waals surface area contributed by atoms with E-state index in [1.165, 1.54) is 5.56 Å². The van der Waals surface area contributed by atoms with Gasteiger partial charge in [-0.15, -0.1) is 12.4 Å². The first kappa shape index (κ1) is 19.4. The van der Waals surface area contributed by atoms with Gasteiger partial charge in [0.25, 0.3) is 0 Å². The Morgan fingerprint density at radius 2 is 1.70 bits per heavy atom. The number of hydrogen-bond acceptors (Lipinski definition) is 3. The van der Waals surface area contributed by atoms with Crippen molar-refractivity contribution in [2.75, 3.05) is 6.54 Å². The lowest BCUT2D eigenvalue weighted by Gasteiger charge is -2.24. The van der Waals surface area contributed by atoms with E-state index in [9.17, 15) is 8.42 Å². The van der Waals surface area contributed by atoms with Gasteiger partial charge in [-0.05, 0) is 49.9 Å². The minimum Gasteiger partial charge on any atom is -0.329 e. The van der Waals surface area contributed by atoms with Crippen molar-refractivity contribution in [3.63, 3.8) is 0 Å². The van der Waals surface area contributed by atoms with Crippen LogP contribution in [0.2, 0.25) is 0 Å². The lowest BCUT2D eigenvalue weighted by Crippen LogP contribution is -2.48. The van der Waals surface area contributed by atoms with Crippen LogP contribution in [0.15, 0.2) is 23.1 Å². The van der Waals surface area contributed by atoms with E-state index < -0.39 is 15.6 Å². The number of halogens is 1. The SMILES string of the molecule is CCc1ccc(S(=O)(=O)NC(C)(C)CN)cc1CC.Cl. The van der Waals surface area contributed by atoms with E-state index in [1.54, 1.807) is 26.0 Å². The highest BCUT2D eigenvalue weighted by atomic mass is 35.5. The molecule has 1 aromatic rings. The Morgan fingerprint density at radius 3 is 2.15 bits per heavy atom. The molecule has 3 N–H and O–H groups in total. The minimum atomic E-state index is -3.52. The van der Waals surface area contributed by atoms with Gasteiger partial charge in [0.2, 0.25) is 10.0 Å². The zero-order valence-electron chi connectivity index (χ0n) is 12.6. The molecule has 0 saturated heterocycles. The molecule has 0 bridgehead atoms. The highest BCUT2D eigenvalue weighted by Gasteiger charge is 2.25. The third kappa shape index (κ3) is 4.74. The predicted molar refractivity (Wildman–Crippen MR) is 85.9 cm³/mol. The maximum atomic E-state index is 12.3. The topological polar surface area (TPSA) is 72.2 Å². The zero-order chi connectivity index (χ0) is 14.7. The molecule has 0 radical (unpaired) electrons. The van der Waals surface area contributed by atoms with Gasteiger partial charge >= 0.3 is 0 Å². The molecule has 0 spiro atoms. The van der Waals surface area contributed by atoms with E-state index in [1.807, 2.05) is 13.0 Å². The summed E-state index contributed by atoms with van der Waals surface area (Å²) in [4.78, 5) is 0.308. The van der Waals surface area contributed by atoms with Crippen LogP contribution in [0.1, 0.15) is 38.8 Å². The Bertz CT molecular complexity index is 542. The summed E-state index contributed by atoms with van der Waals surface area (Å²) in [6.45, 7) is 7.89. The number of nitrogens with one attached hydrogen (secondary N) is 1. The van der Waals surface area contributed by atoms with E-state index in [4.69, 9.17) is 5.73 Å². The average Bonchev–Trinajstić information content (AvgIpc) is 2.36. The Kier molecular flexibility index (Phi) is 7.18. The summed E-state index contributed by atoms with van der Waals surface area (Å²) in [5.74, 6) is 0. The monoisotopic (exact) mass is 320 g/mol. The van der Waals surface area contributed by atoms with Crippen molar-refractivity contribution in [3.05, 3.63) is 29.3 Å². The molecule has 4 nitrogen and oxygen atoms in total.